The molecule has 2 aromatic heterocycles. The number of likely N-dealkylation sites (tertiary alicyclic amines) is 1. The molecule has 3 rings (SSSR count). The lowest BCUT2D eigenvalue weighted by molar-refractivity contribution is 0.0789. The minimum absolute atomic E-state index is 0.00100. The van der Waals surface area contributed by atoms with Gasteiger partial charge in [-0.2, -0.15) is 0 Å². The van der Waals surface area contributed by atoms with Crippen LogP contribution in [0, 0.1) is 6.92 Å². The van der Waals surface area contributed by atoms with E-state index in [9.17, 15) is 4.79 Å². The SMILES string of the molecule is Cc1cnc([C@@H]2CCN(C(=O)c3cnc(C(C)C)nc3)C2)[nH]1. The first-order chi connectivity index (χ1) is 10.5. The van der Waals surface area contributed by atoms with Gasteiger partial charge >= 0.3 is 0 Å². The molecule has 0 radical (unpaired) electrons. The number of H-pyrrole nitrogens is 1. The summed E-state index contributed by atoms with van der Waals surface area (Å²) in [6, 6.07) is 0. The highest BCUT2D eigenvalue weighted by Crippen LogP contribution is 2.26. The number of hydrogen-bond acceptors (Lipinski definition) is 4. The highest BCUT2D eigenvalue weighted by atomic mass is 16.2. The van der Waals surface area contributed by atoms with Crippen molar-refractivity contribution in [3.05, 3.63) is 41.5 Å². The maximum Gasteiger partial charge on any atom is 0.257 e. The zero-order valence-electron chi connectivity index (χ0n) is 13.2. The largest absolute Gasteiger partial charge is 0.346 e. The molecule has 1 aliphatic heterocycles. The maximum absolute atomic E-state index is 12.5. The van der Waals surface area contributed by atoms with Crippen molar-refractivity contribution >= 4 is 5.91 Å². The number of carbonyl (C=O) groups excluding carboxylic acids is 1. The number of hydrogen-bond donors (Lipinski definition) is 1. The fourth-order valence-electron chi connectivity index (χ4n) is 2.74. The molecule has 1 saturated heterocycles. The van der Waals surface area contributed by atoms with Gasteiger partial charge in [-0.3, -0.25) is 4.79 Å². The lowest BCUT2D eigenvalue weighted by Gasteiger charge is -2.16. The van der Waals surface area contributed by atoms with Gasteiger partial charge in [-0.25, -0.2) is 15.0 Å². The average Bonchev–Trinajstić information content (AvgIpc) is 3.15. The summed E-state index contributed by atoms with van der Waals surface area (Å²) in [7, 11) is 0. The van der Waals surface area contributed by atoms with Gasteiger partial charge in [0.1, 0.15) is 11.6 Å². The van der Waals surface area contributed by atoms with E-state index in [1.807, 2.05) is 31.9 Å². The second-order valence-corrected chi connectivity index (χ2v) is 6.17. The van der Waals surface area contributed by atoms with Gasteiger partial charge < -0.3 is 9.88 Å². The zero-order chi connectivity index (χ0) is 15.7. The summed E-state index contributed by atoms with van der Waals surface area (Å²) in [5.41, 5.74) is 1.61. The molecule has 1 N–H and O–H groups in total. The van der Waals surface area contributed by atoms with E-state index in [0.29, 0.717) is 12.1 Å². The van der Waals surface area contributed by atoms with Crippen LogP contribution in [0.1, 0.15) is 59.8 Å². The average molecular weight is 299 g/mol. The van der Waals surface area contributed by atoms with Crippen LogP contribution < -0.4 is 0 Å². The summed E-state index contributed by atoms with van der Waals surface area (Å²) >= 11 is 0. The molecule has 1 fully saturated rings. The summed E-state index contributed by atoms with van der Waals surface area (Å²) in [5, 5.41) is 0. The molecule has 6 nitrogen and oxygen atoms in total. The van der Waals surface area contributed by atoms with Crippen LogP contribution in [0.4, 0.5) is 0 Å². The number of amides is 1. The van der Waals surface area contributed by atoms with Crippen molar-refractivity contribution in [2.45, 2.75) is 39.0 Å². The Hall–Kier alpha value is -2.24. The first-order valence-electron chi connectivity index (χ1n) is 7.67. The maximum atomic E-state index is 12.5. The van der Waals surface area contributed by atoms with E-state index in [4.69, 9.17) is 0 Å². The van der Waals surface area contributed by atoms with Crippen LogP contribution in [0.3, 0.4) is 0 Å². The van der Waals surface area contributed by atoms with Crippen LogP contribution in [-0.2, 0) is 0 Å². The topological polar surface area (TPSA) is 74.8 Å². The predicted molar refractivity (Wildman–Crippen MR) is 82.7 cm³/mol. The van der Waals surface area contributed by atoms with E-state index in [1.54, 1.807) is 12.4 Å². The van der Waals surface area contributed by atoms with Gasteiger partial charge in [0.2, 0.25) is 0 Å². The van der Waals surface area contributed by atoms with Crippen LogP contribution in [0.5, 0.6) is 0 Å². The van der Waals surface area contributed by atoms with Gasteiger partial charge in [-0.1, -0.05) is 13.8 Å². The van der Waals surface area contributed by atoms with Gasteiger partial charge in [-0.15, -0.1) is 0 Å². The number of rotatable bonds is 3. The number of aromatic amines is 1. The van der Waals surface area contributed by atoms with Gasteiger partial charge in [0.15, 0.2) is 0 Å². The summed E-state index contributed by atoms with van der Waals surface area (Å²) in [5.74, 6) is 2.29. The molecule has 0 saturated carbocycles. The van der Waals surface area contributed by atoms with Crippen molar-refractivity contribution in [2.24, 2.45) is 0 Å². The third kappa shape index (κ3) is 2.86. The Morgan fingerprint density at radius 2 is 2.00 bits per heavy atom. The van der Waals surface area contributed by atoms with Crippen LogP contribution in [0.2, 0.25) is 0 Å². The number of nitrogens with zero attached hydrogens (tertiary/aromatic N) is 4. The van der Waals surface area contributed by atoms with Crippen molar-refractivity contribution < 1.29 is 4.79 Å². The number of imidazole rings is 1. The molecule has 2 aromatic rings. The minimum Gasteiger partial charge on any atom is -0.346 e. The van der Waals surface area contributed by atoms with Crippen molar-refractivity contribution in [3.63, 3.8) is 0 Å². The Bertz CT molecular complexity index is 661. The second kappa shape index (κ2) is 5.87. The Morgan fingerprint density at radius 1 is 1.27 bits per heavy atom. The van der Waals surface area contributed by atoms with Crippen molar-refractivity contribution in [2.75, 3.05) is 13.1 Å². The molecule has 1 atom stereocenters. The molecule has 0 aliphatic carbocycles. The number of carbonyl (C=O) groups is 1. The molecule has 0 aromatic carbocycles. The molecule has 1 amide bonds. The molecule has 0 spiro atoms. The highest BCUT2D eigenvalue weighted by molar-refractivity contribution is 5.93. The molecular weight excluding hydrogens is 278 g/mol. The minimum atomic E-state index is 0.00100. The van der Waals surface area contributed by atoms with E-state index in [1.165, 1.54) is 0 Å². The lowest BCUT2D eigenvalue weighted by atomic mass is 10.1. The molecular formula is C16H21N5O. The molecule has 3 heterocycles. The fourth-order valence-corrected chi connectivity index (χ4v) is 2.74. The smallest absolute Gasteiger partial charge is 0.257 e. The first-order valence-corrected chi connectivity index (χ1v) is 7.67. The van der Waals surface area contributed by atoms with E-state index in [0.717, 1.165) is 30.3 Å². The van der Waals surface area contributed by atoms with Gasteiger partial charge in [0, 0.05) is 49.2 Å². The monoisotopic (exact) mass is 299 g/mol. The number of aryl methyl sites for hydroxylation is 1. The van der Waals surface area contributed by atoms with Gasteiger partial charge in [0.05, 0.1) is 5.56 Å². The van der Waals surface area contributed by atoms with Crippen molar-refractivity contribution in [3.8, 4) is 0 Å². The highest BCUT2D eigenvalue weighted by Gasteiger charge is 2.29. The van der Waals surface area contributed by atoms with Crippen LogP contribution in [0.25, 0.3) is 0 Å². The van der Waals surface area contributed by atoms with Gasteiger partial charge in [-0.05, 0) is 13.3 Å². The molecule has 6 heteroatoms. The Balaban J connectivity index is 1.68. The molecule has 0 unspecified atom stereocenters. The quantitative estimate of drug-likeness (QED) is 0.943. The van der Waals surface area contributed by atoms with E-state index >= 15 is 0 Å². The third-order valence-corrected chi connectivity index (χ3v) is 4.02. The van der Waals surface area contributed by atoms with E-state index in [-0.39, 0.29) is 17.7 Å². The summed E-state index contributed by atoms with van der Waals surface area (Å²) in [4.78, 5) is 30.6. The Kier molecular flexibility index (Phi) is 3.92. The lowest BCUT2D eigenvalue weighted by Crippen LogP contribution is -2.28. The fraction of sp³-hybridized carbons (Fsp3) is 0.500. The summed E-state index contributed by atoms with van der Waals surface area (Å²) in [6.07, 6.45) is 6.03. The standard InChI is InChI=1S/C16H21N5O/c1-10(2)14-18-7-13(8-19-14)16(22)21-5-4-12(9-21)15-17-6-11(3)20-15/h6-8,10,12H,4-5,9H2,1-3H3,(H,17,20)/t12-/m1/s1. The summed E-state index contributed by atoms with van der Waals surface area (Å²) in [6.45, 7) is 7.50. The van der Waals surface area contributed by atoms with Crippen molar-refractivity contribution in [1.82, 2.24) is 24.8 Å². The molecule has 1 aliphatic rings. The molecule has 116 valence electrons. The van der Waals surface area contributed by atoms with E-state index in [2.05, 4.69) is 19.9 Å². The van der Waals surface area contributed by atoms with Crippen LogP contribution in [0.15, 0.2) is 18.6 Å². The number of nitrogens with one attached hydrogen (secondary N) is 1. The number of aromatic nitrogens is 4. The molecule has 22 heavy (non-hydrogen) atoms. The zero-order valence-corrected chi connectivity index (χ0v) is 13.2. The predicted octanol–water partition coefficient (Wildman–Crippen LogP) is 2.26. The Labute approximate surface area is 130 Å². The third-order valence-electron chi connectivity index (χ3n) is 4.02. The Morgan fingerprint density at radius 3 is 2.59 bits per heavy atom. The van der Waals surface area contributed by atoms with Gasteiger partial charge in [0.25, 0.3) is 5.91 Å². The molecule has 0 bridgehead atoms. The first kappa shape index (κ1) is 14.7. The van der Waals surface area contributed by atoms with E-state index < -0.39 is 0 Å². The normalized spacial score (nSPS) is 18.2. The second-order valence-electron chi connectivity index (χ2n) is 6.17. The van der Waals surface area contributed by atoms with Crippen LogP contribution >= 0.6 is 0 Å². The van der Waals surface area contributed by atoms with Crippen molar-refractivity contribution in [1.29, 1.82) is 0 Å². The van der Waals surface area contributed by atoms with Crippen LogP contribution in [-0.4, -0.2) is 43.8 Å². The summed E-state index contributed by atoms with van der Waals surface area (Å²) < 4.78 is 0.